The fourth-order valence-corrected chi connectivity index (χ4v) is 3.88. The second-order valence-corrected chi connectivity index (χ2v) is 7.38. The Balaban J connectivity index is 1.43. The van der Waals surface area contributed by atoms with E-state index in [1.165, 1.54) is 5.56 Å². The molecule has 0 N–H and O–H groups in total. The molecule has 138 valence electrons. The maximum absolute atomic E-state index is 12.7. The minimum absolute atomic E-state index is 0.275. The Morgan fingerprint density at radius 3 is 2.40 bits per heavy atom. The Bertz CT molecular complexity index is 542. The van der Waals surface area contributed by atoms with E-state index in [4.69, 9.17) is 0 Å². The summed E-state index contributed by atoms with van der Waals surface area (Å²) >= 11 is 0. The summed E-state index contributed by atoms with van der Waals surface area (Å²) in [5, 5.41) is 0. The summed E-state index contributed by atoms with van der Waals surface area (Å²) < 4.78 is 0. The summed E-state index contributed by atoms with van der Waals surface area (Å²) in [6, 6.07) is 11.0. The molecular weight excluding hydrogens is 312 g/mol. The second-order valence-electron chi connectivity index (χ2n) is 7.38. The summed E-state index contributed by atoms with van der Waals surface area (Å²) in [6.07, 6.45) is 1.08. The first-order chi connectivity index (χ1) is 12.2. The summed E-state index contributed by atoms with van der Waals surface area (Å²) in [5.41, 5.74) is 1.35. The summed E-state index contributed by atoms with van der Waals surface area (Å²) in [4.78, 5) is 21.9. The molecule has 0 radical (unpaired) electrons. The number of nitrogens with zero attached hydrogens (tertiary/aromatic N) is 4. The van der Waals surface area contributed by atoms with E-state index in [1.54, 1.807) is 0 Å². The van der Waals surface area contributed by atoms with Gasteiger partial charge in [0.25, 0.3) is 0 Å². The van der Waals surface area contributed by atoms with Gasteiger partial charge in [-0.3, -0.25) is 14.6 Å². The summed E-state index contributed by atoms with van der Waals surface area (Å²) in [7, 11) is 1.99. The van der Waals surface area contributed by atoms with Crippen LogP contribution in [-0.2, 0) is 11.3 Å². The Hall–Kier alpha value is -1.43. The first-order valence-electron chi connectivity index (χ1n) is 9.62. The molecule has 0 bridgehead atoms. The lowest BCUT2D eigenvalue weighted by Gasteiger charge is -2.35. The van der Waals surface area contributed by atoms with Crippen LogP contribution in [0, 0.1) is 0 Å². The van der Waals surface area contributed by atoms with Crippen LogP contribution in [0.1, 0.15) is 18.9 Å². The largest absolute Gasteiger partial charge is 0.340 e. The number of piperazine rings is 1. The summed E-state index contributed by atoms with van der Waals surface area (Å²) in [5.74, 6) is 0.275. The number of rotatable bonds is 6. The number of carbonyl (C=O) groups is 1. The van der Waals surface area contributed by atoms with Crippen molar-refractivity contribution in [1.29, 1.82) is 0 Å². The predicted molar refractivity (Wildman–Crippen MR) is 101 cm³/mol. The number of amides is 1. The van der Waals surface area contributed by atoms with Crippen molar-refractivity contribution < 1.29 is 4.79 Å². The molecule has 1 aromatic carbocycles. The van der Waals surface area contributed by atoms with Crippen LogP contribution in [0.15, 0.2) is 30.3 Å². The normalized spacial score (nSPS) is 23.0. The predicted octanol–water partition coefficient (Wildman–Crippen LogP) is 1.36. The first-order valence-corrected chi connectivity index (χ1v) is 9.62. The number of benzene rings is 1. The van der Waals surface area contributed by atoms with Gasteiger partial charge in [-0.1, -0.05) is 37.3 Å². The second kappa shape index (κ2) is 8.79. The van der Waals surface area contributed by atoms with Crippen molar-refractivity contribution in [3.63, 3.8) is 0 Å². The fraction of sp³-hybridized carbons (Fsp3) is 0.650. The standard InChI is InChI=1S/C20H32N4O/c1-3-22-11-13-23(14-12-22)17-20(25)21(2)19-9-10-24(16-19)15-18-7-5-4-6-8-18/h4-8,19H,3,9-17H2,1-2H3. The molecule has 1 atom stereocenters. The van der Waals surface area contributed by atoms with Crippen molar-refractivity contribution in [3.8, 4) is 0 Å². The Kier molecular flexibility index (Phi) is 6.45. The van der Waals surface area contributed by atoms with Gasteiger partial charge in [0.2, 0.25) is 5.91 Å². The van der Waals surface area contributed by atoms with Gasteiger partial charge in [0.05, 0.1) is 6.54 Å². The zero-order valence-corrected chi connectivity index (χ0v) is 15.7. The smallest absolute Gasteiger partial charge is 0.236 e. The van der Waals surface area contributed by atoms with Gasteiger partial charge in [-0.15, -0.1) is 0 Å². The zero-order valence-electron chi connectivity index (χ0n) is 15.7. The van der Waals surface area contributed by atoms with E-state index in [0.717, 1.165) is 58.8 Å². The van der Waals surface area contributed by atoms with E-state index < -0.39 is 0 Å². The average molecular weight is 345 g/mol. The molecule has 2 aliphatic rings. The molecule has 0 aromatic heterocycles. The minimum Gasteiger partial charge on any atom is -0.340 e. The Morgan fingerprint density at radius 1 is 1.04 bits per heavy atom. The van der Waals surface area contributed by atoms with E-state index in [9.17, 15) is 4.79 Å². The molecule has 25 heavy (non-hydrogen) atoms. The molecule has 0 aliphatic carbocycles. The highest BCUT2D eigenvalue weighted by molar-refractivity contribution is 5.78. The van der Waals surface area contributed by atoms with Crippen LogP contribution in [0.4, 0.5) is 0 Å². The molecular formula is C20H32N4O. The molecule has 1 amide bonds. The SMILES string of the molecule is CCN1CCN(CC(=O)N(C)C2CCN(Cc3ccccc3)C2)CC1. The molecule has 2 fully saturated rings. The summed E-state index contributed by atoms with van der Waals surface area (Å²) in [6.45, 7) is 11.1. The average Bonchev–Trinajstić information content (AvgIpc) is 3.11. The molecule has 2 heterocycles. The third-order valence-electron chi connectivity index (χ3n) is 5.71. The maximum atomic E-state index is 12.7. The van der Waals surface area contributed by atoms with Crippen LogP contribution < -0.4 is 0 Å². The van der Waals surface area contributed by atoms with Gasteiger partial charge < -0.3 is 9.80 Å². The van der Waals surface area contributed by atoms with Gasteiger partial charge in [-0.05, 0) is 18.5 Å². The third-order valence-corrected chi connectivity index (χ3v) is 5.71. The van der Waals surface area contributed by atoms with E-state index >= 15 is 0 Å². The Morgan fingerprint density at radius 2 is 1.72 bits per heavy atom. The van der Waals surface area contributed by atoms with E-state index in [1.807, 2.05) is 11.9 Å². The van der Waals surface area contributed by atoms with E-state index in [0.29, 0.717) is 12.6 Å². The molecule has 1 unspecified atom stereocenters. The number of likely N-dealkylation sites (tertiary alicyclic amines) is 1. The molecule has 3 rings (SSSR count). The molecule has 5 nitrogen and oxygen atoms in total. The molecule has 1 aromatic rings. The number of likely N-dealkylation sites (N-methyl/N-ethyl adjacent to an activating group) is 2. The van der Waals surface area contributed by atoms with Crippen molar-refractivity contribution in [2.24, 2.45) is 0 Å². The molecule has 5 heteroatoms. The highest BCUT2D eigenvalue weighted by atomic mass is 16.2. The highest BCUT2D eigenvalue weighted by Gasteiger charge is 2.29. The lowest BCUT2D eigenvalue weighted by atomic mass is 10.2. The van der Waals surface area contributed by atoms with Crippen LogP contribution in [0.2, 0.25) is 0 Å². The van der Waals surface area contributed by atoms with Gasteiger partial charge in [0.1, 0.15) is 0 Å². The van der Waals surface area contributed by atoms with Crippen molar-refractivity contribution in [3.05, 3.63) is 35.9 Å². The molecule has 0 spiro atoms. The zero-order chi connectivity index (χ0) is 17.6. The Labute approximate surface area is 152 Å². The first kappa shape index (κ1) is 18.4. The van der Waals surface area contributed by atoms with Gasteiger partial charge in [-0.2, -0.15) is 0 Å². The van der Waals surface area contributed by atoms with Gasteiger partial charge >= 0.3 is 0 Å². The van der Waals surface area contributed by atoms with E-state index in [-0.39, 0.29) is 5.91 Å². The van der Waals surface area contributed by atoms with Gasteiger partial charge in [-0.25, -0.2) is 0 Å². The van der Waals surface area contributed by atoms with Crippen LogP contribution in [0.5, 0.6) is 0 Å². The minimum atomic E-state index is 0.275. The lowest BCUT2D eigenvalue weighted by Crippen LogP contribution is -2.50. The maximum Gasteiger partial charge on any atom is 0.236 e. The highest BCUT2D eigenvalue weighted by Crippen LogP contribution is 2.17. The van der Waals surface area contributed by atoms with E-state index in [2.05, 4.69) is 52.0 Å². The van der Waals surface area contributed by atoms with Gasteiger partial charge in [0, 0.05) is 58.9 Å². The fourth-order valence-electron chi connectivity index (χ4n) is 3.88. The lowest BCUT2D eigenvalue weighted by molar-refractivity contribution is -0.133. The molecule has 2 aliphatic heterocycles. The number of hydrogen-bond donors (Lipinski definition) is 0. The monoisotopic (exact) mass is 344 g/mol. The van der Waals surface area contributed by atoms with Crippen molar-refractivity contribution in [2.75, 3.05) is 59.4 Å². The van der Waals surface area contributed by atoms with Crippen LogP contribution in [0.3, 0.4) is 0 Å². The third kappa shape index (κ3) is 5.03. The quantitative estimate of drug-likeness (QED) is 0.779. The number of hydrogen-bond acceptors (Lipinski definition) is 4. The van der Waals surface area contributed by atoms with Crippen molar-refractivity contribution in [2.45, 2.75) is 25.9 Å². The van der Waals surface area contributed by atoms with Crippen LogP contribution in [0.25, 0.3) is 0 Å². The van der Waals surface area contributed by atoms with Gasteiger partial charge in [0.15, 0.2) is 0 Å². The van der Waals surface area contributed by atoms with Crippen LogP contribution >= 0.6 is 0 Å². The van der Waals surface area contributed by atoms with Crippen molar-refractivity contribution in [1.82, 2.24) is 19.6 Å². The molecule has 0 saturated carbocycles. The van der Waals surface area contributed by atoms with Crippen LogP contribution in [-0.4, -0.2) is 91.0 Å². The van der Waals surface area contributed by atoms with Crippen molar-refractivity contribution >= 4 is 5.91 Å². The topological polar surface area (TPSA) is 30.0 Å². The number of carbonyl (C=O) groups excluding carboxylic acids is 1. The molecule has 2 saturated heterocycles.